The predicted molar refractivity (Wildman–Crippen MR) is 96.1 cm³/mol. The van der Waals surface area contributed by atoms with E-state index >= 15 is 0 Å². The summed E-state index contributed by atoms with van der Waals surface area (Å²) in [6.45, 7) is 5.29. The summed E-state index contributed by atoms with van der Waals surface area (Å²) >= 11 is 3.36. The van der Waals surface area contributed by atoms with Crippen LogP contribution in [0.25, 0.3) is 0 Å². The fraction of sp³-hybridized carbons (Fsp3) is 0.235. The number of nitrogens with zero attached hydrogens (tertiary/aromatic N) is 4. The number of aromatic nitrogens is 4. The molecule has 0 aliphatic carbocycles. The highest BCUT2D eigenvalue weighted by Gasteiger charge is 2.17. The molecule has 0 fully saturated rings. The fourth-order valence-electron chi connectivity index (χ4n) is 2.41. The monoisotopic (exact) mass is 387 g/mol. The Morgan fingerprint density at radius 1 is 1.21 bits per heavy atom. The van der Waals surface area contributed by atoms with E-state index in [2.05, 4.69) is 62.6 Å². The summed E-state index contributed by atoms with van der Waals surface area (Å²) in [5.74, 6) is -0.212. The molecule has 0 saturated carbocycles. The van der Waals surface area contributed by atoms with Gasteiger partial charge in [0.2, 0.25) is 0 Å². The van der Waals surface area contributed by atoms with Crippen LogP contribution in [-0.2, 0) is 13.1 Å². The first kappa shape index (κ1) is 16.4. The van der Waals surface area contributed by atoms with Crippen molar-refractivity contribution in [2.75, 3.05) is 5.32 Å². The van der Waals surface area contributed by atoms with Crippen LogP contribution in [0.1, 0.15) is 28.5 Å². The largest absolute Gasteiger partial charge is 0.318 e. The number of carbonyl (C=O) groups is 1. The fourth-order valence-corrected chi connectivity index (χ4v) is 2.89. The topological polar surface area (TPSA) is 64.7 Å². The molecule has 2 aromatic heterocycles. The van der Waals surface area contributed by atoms with Crippen molar-refractivity contribution in [1.29, 1.82) is 0 Å². The van der Waals surface area contributed by atoms with Gasteiger partial charge in [0.15, 0.2) is 0 Å². The maximum atomic E-state index is 12.4. The summed E-state index contributed by atoms with van der Waals surface area (Å²) in [4.78, 5) is 12.4. The number of anilines is 1. The first-order chi connectivity index (χ1) is 11.6. The summed E-state index contributed by atoms with van der Waals surface area (Å²) in [7, 11) is 0. The molecule has 0 unspecified atom stereocenters. The highest BCUT2D eigenvalue weighted by Crippen LogP contribution is 2.18. The van der Waals surface area contributed by atoms with Crippen LogP contribution in [-0.4, -0.2) is 25.5 Å². The van der Waals surface area contributed by atoms with Gasteiger partial charge in [-0.15, -0.1) is 0 Å². The zero-order valence-electron chi connectivity index (χ0n) is 13.5. The van der Waals surface area contributed by atoms with Gasteiger partial charge in [-0.1, -0.05) is 29.8 Å². The standard InChI is InChI=1S/C17H18BrN5O/c1-3-23-16(15(18)9-20-23)17(24)21-14-8-19-22(11-14)10-13-6-4-12(2)5-7-13/h4-9,11H,3,10H2,1-2H3,(H,21,24). The second-order valence-corrected chi connectivity index (χ2v) is 6.38. The second kappa shape index (κ2) is 7.00. The smallest absolute Gasteiger partial charge is 0.275 e. The van der Waals surface area contributed by atoms with E-state index in [1.54, 1.807) is 21.8 Å². The van der Waals surface area contributed by atoms with Gasteiger partial charge < -0.3 is 5.32 Å². The van der Waals surface area contributed by atoms with Gasteiger partial charge in [0.05, 0.1) is 29.1 Å². The van der Waals surface area contributed by atoms with Crippen molar-refractivity contribution in [2.24, 2.45) is 0 Å². The summed E-state index contributed by atoms with van der Waals surface area (Å²) in [5, 5.41) is 11.3. The van der Waals surface area contributed by atoms with Gasteiger partial charge in [-0.2, -0.15) is 10.2 Å². The Balaban J connectivity index is 1.70. The van der Waals surface area contributed by atoms with Crippen molar-refractivity contribution < 1.29 is 4.79 Å². The zero-order valence-corrected chi connectivity index (χ0v) is 15.1. The lowest BCUT2D eigenvalue weighted by atomic mass is 10.1. The Kier molecular flexibility index (Phi) is 4.80. The number of nitrogens with one attached hydrogen (secondary N) is 1. The van der Waals surface area contributed by atoms with Gasteiger partial charge in [-0.25, -0.2) is 0 Å². The van der Waals surface area contributed by atoms with E-state index in [9.17, 15) is 4.79 Å². The quantitative estimate of drug-likeness (QED) is 0.728. The van der Waals surface area contributed by atoms with Gasteiger partial charge in [-0.05, 0) is 35.3 Å². The van der Waals surface area contributed by atoms with Crippen molar-refractivity contribution in [3.05, 3.63) is 64.1 Å². The Morgan fingerprint density at radius 3 is 2.67 bits per heavy atom. The van der Waals surface area contributed by atoms with E-state index in [-0.39, 0.29) is 5.91 Å². The molecular formula is C17H18BrN5O. The van der Waals surface area contributed by atoms with Gasteiger partial charge in [-0.3, -0.25) is 14.2 Å². The van der Waals surface area contributed by atoms with Crippen molar-refractivity contribution in [3.8, 4) is 0 Å². The molecule has 0 aliphatic rings. The molecule has 3 aromatic rings. The van der Waals surface area contributed by atoms with E-state index in [0.29, 0.717) is 28.9 Å². The predicted octanol–water partition coefficient (Wildman–Crippen LogP) is 3.47. The SMILES string of the molecule is CCn1ncc(Br)c1C(=O)Nc1cnn(Cc2ccc(C)cc2)c1. The third-order valence-corrected chi connectivity index (χ3v) is 4.25. The van der Waals surface area contributed by atoms with E-state index < -0.39 is 0 Å². The normalized spacial score (nSPS) is 10.8. The van der Waals surface area contributed by atoms with Crippen LogP contribution >= 0.6 is 15.9 Å². The van der Waals surface area contributed by atoms with Crippen molar-refractivity contribution in [2.45, 2.75) is 26.9 Å². The maximum absolute atomic E-state index is 12.4. The second-order valence-electron chi connectivity index (χ2n) is 5.52. The third-order valence-electron chi connectivity index (χ3n) is 3.67. The van der Waals surface area contributed by atoms with Crippen LogP contribution in [0, 0.1) is 6.92 Å². The molecule has 0 saturated heterocycles. The molecular weight excluding hydrogens is 370 g/mol. The summed E-state index contributed by atoms with van der Waals surface area (Å²) < 4.78 is 4.12. The molecule has 0 bridgehead atoms. The first-order valence-corrected chi connectivity index (χ1v) is 8.46. The number of benzene rings is 1. The number of halogens is 1. The van der Waals surface area contributed by atoms with Crippen LogP contribution in [0.15, 0.2) is 47.3 Å². The van der Waals surface area contributed by atoms with E-state index in [0.717, 1.165) is 5.56 Å². The molecule has 0 spiro atoms. The molecule has 7 heteroatoms. The van der Waals surface area contributed by atoms with Crippen molar-refractivity contribution in [3.63, 3.8) is 0 Å². The van der Waals surface area contributed by atoms with E-state index in [1.807, 2.05) is 13.1 Å². The Morgan fingerprint density at radius 2 is 1.96 bits per heavy atom. The number of amides is 1. The number of rotatable bonds is 5. The summed E-state index contributed by atoms with van der Waals surface area (Å²) in [6.07, 6.45) is 5.09. The van der Waals surface area contributed by atoms with Gasteiger partial charge >= 0.3 is 0 Å². The molecule has 0 radical (unpaired) electrons. The van der Waals surface area contributed by atoms with Gasteiger partial charge in [0.25, 0.3) is 5.91 Å². The highest BCUT2D eigenvalue weighted by atomic mass is 79.9. The molecule has 1 N–H and O–H groups in total. The molecule has 6 nitrogen and oxygen atoms in total. The molecule has 0 aliphatic heterocycles. The molecule has 1 amide bonds. The summed E-state index contributed by atoms with van der Waals surface area (Å²) in [6, 6.07) is 8.30. The highest BCUT2D eigenvalue weighted by molar-refractivity contribution is 9.10. The minimum atomic E-state index is -0.212. The number of hydrogen-bond acceptors (Lipinski definition) is 3. The average Bonchev–Trinajstić information content (AvgIpc) is 3.15. The maximum Gasteiger partial charge on any atom is 0.275 e. The molecule has 1 aromatic carbocycles. The third kappa shape index (κ3) is 3.56. The number of aryl methyl sites for hydroxylation is 2. The van der Waals surface area contributed by atoms with Gasteiger partial charge in [0.1, 0.15) is 5.69 Å². The zero-order chi connectivity index (χ0) is 17.1. The number of carbonyl (C=O) groups excluding carboxylic acids is 1. The van der Waals surface area contributed by atoms with Crippen molar-refractivity contribution >= 4 is 27.5 Å². The molecule has 3 rings (SSSR count). The Hall–Kier alpha value is -2.41. The van der Waals surface area contributed by atoms with Crippen LogP contribution in [0.4, 0.5) is 5.69 Å². The van der Waals surface area contributed by atoms with Crippen LogP contribution in [0.2, 0.25) is 0 Å². The lowest BCUT2D eigenvalue weighted by Gasteiger charge is -2.05. The Labute approximate surface area is 148 Å². The van der Waals surface area contributed by atoms with Crippen LogP contribution < -0.4 is 5.32 Å². The lowest BCUT2D eigenvalue weighted by Crippen LogP contribution is -2.17. The molecule has 24 heavy (non-hydrogen) atoms. The average molecular weight is 388 g/mol. The van der Waals surface area contributed by atoms with E-state index in [1.165, 1.54) is 5.56 Å². The molecule has 124 valence electrons. The minimum absolute atomic E-state index is 0.212. The van der Waals surface area contributed by atoms with E-state index in [4.69, 9.17) is 0 Å². The van der Waals surface area contributed by atoms with Crippen molar-refractivity contribution in [1.82, 2.24) is 19.6 Å². The number of hydrogen-bond donors (Lipinski definition) is 1. The van der Waals surface area contributed by atoms with Crippen LogP contribution in [0.5, 0.6) is 0 Å². The first-order valence-electron chi connectivity index (χ1n) is 7.67. The van der Waals surface area contributed by atoms with Gasteiger partial charge in [0, 0.05) is 12.7 Å². The minimum Gasteiger partial charge on any atom is -0.318 e. The van der Waals surface area contributed by atoms with Crippen LogP contribution in [0.3, 0.4) is 0 Å². The Bertz CT molecular complexity index is 850. The molecule has 2 heterocycles. The lowest BCUT2D eigenvalue weighted by molar-refractivity contribution is 0.101. The molecule has 0 atom stereocenters. The summed E-state index contributed by atoms with van der Waals surface area (Å²) in [5.41, 5.74) is 3.55.